The maximum Gasteiger partial charge on any atom is 0.233 e. The Kier molecular flexibility index (Phi) is 3.29. The van der Waals surface area contributed by atoms with Gasteiger partial charge in [-0.15, -0.1) is 11.8 Å². The number of carbonyl (C=O) groups is 1. The molecule has 1 aliphatic heterocycles. The summed E-state index contributed by atoms with van der Waals surface area (Å²) in [4.78, 5) is 13.4. The molecule has 1 aromatic heterocycles. The molecule has 1 fully saturated rings. The van der Waals surface area contributed by atoms with Gasteiger partial charge in [-0.05, 0) is 30.3 Å². The first-order valence-corrected chi connectivity index (χ1v) is 7.39. The number of hydrogen-bond acceptors (Lipinski definition) is 2. The van der Waals surface area contributed by atoms with E-state index < -0.39 is 0 Å². The Morgan fingerprint density at radius 2 is 2.00 bits per heavy atom. The van der Waals surface area contributed by atoms with Gasteiger partial charge in [0.25, 0.3) is 0 Å². The lowest BCUT2D eigenvalue weighted by atomic mass is 10.3. The molecule has 1 aliphatic rings. The van der Waals surface area contributed by atoms with Crippen LogP contribution in [0.5, 0.6) is 0 Å². The highest BCUT2D eigenvalue weighted by Crippen LogP contribution is 2.37. The smallest absolute Gasteiger partial charge is 0.233 e. The fourth-order valence-electron chi connectivity index (χ4n) is 2.15. The molecule has 0 spiro atoms. The summed E-state index contributed by atoms with van der Waals surface area (Å²) in [6.07, 6.45) is 4.08. The standard InChI is InChI=1S/C14H13ClN2OS/c1-16-13(18)9-19-14(16)10-6-7-17(8-10)12-4-2-11(15)3-5-12/h2-8,14H,9H2,1H3/t14-/m1/s1. The summed E-state index contributed by atoms with van der Waals surface area (Å²) >= 11 is 7.55. The van der Waals surface area contributed by atoms with Gasteiger partial charge in [0, 0.05) is 35.7 Å². The number of benzene rings is 1. The van der Waals surface area contributed by atoms with E-state index in [0.717, 1.165) is 16.3 Å². The summed E-state index contributed by atoms with van der Waals surface area (Å²) in [6, 6.07) is 9.75. The fraction of sp³-hybridized carbons (Fsp3) is 0.214. The Morgan fingerprint density at radius 1 is 1.26 bits per heavy atom. The average Bonchev–Trinajstić information content (AvgIpc) is 2.99. The molecule has 0 N–H and O–H groups in total. The number of rotatable bonds is 2. The van der Waals surface area contributed by atoms with E-state index in [9.17, 15) is 4.79 Å². The Balaban J connectivity index is 1.87. The van der Waals surface area contributed by atoms with Gasteiger partial charge in [-0.1, -0.05) is 11.6 Å². The molecular weight excluding hydrogens is 280 g/mol. The third kappa shape index (κ3) is 2.38. The largest absolute Gasteiger partial charge is 0.329 e. The van der Waals surface area contributed by atoms with Crippen molar-refractivity contribution < 1.29 is 4.79 Å². The summed E-state index contributed by atoms with van der Waals surface area (Å²) < 4.78 is 2.04. The second-order valence-electron chi connectivity index (χ2n) is 4.50. The van der Waals surface area contributed by atoms with Crippen LogP contribution < -0.4 is 0 Å². The van der Waals surface area contributed by atoms with Crippen LogP contribution in [0.1, 0.15) is 10.9 Å². The van der Waals surface area contributed by atoms with E-state index in [1.165, 1.54) is 0 Å². The zero-order chi connectivity index (χ0) is 13.4. The second-order valence-corrected chi connectivity index (χ2v) is 6.00. The maximum atomic E-state index is 11.6. The van der Waals surface area contributed by atoms with Gasteiger partial charge >= 0.3 is 0 Å². The van der Waals surface area contributed by atoms with Crippen molar-refractivity contribution in [3.8, 4) is 5.69 Å². The Bertz CT molecular complexity index is 608. The van der Waals surface area contributed by atoms with E-state index >= 15 is 0 Å². The highest BCUT2D eigenvalue weighted by molar-refractivity contribution is 8.00. The van der Waals surface area contributed by atoms with Crippen LogP contribution in [-0.2, 0) is 4.79 Å². The van der Waals surface area contributed by atoms with Gasteiger partial charge in [0.05, 0.1) is 5.75 Å². The molecule has 1 atom stereocenters. The summed E-state index contributed by atoms with van der Waals surface area (Å²) in [5.74, 6) is 0.752. The van der Waals surface area contributed by atoms with E-state index in [4.69, 9.17) is 11.6 Å². The number of thioether (sulfide) groups is 1. The van der Waals surface area contributed by atoms with Crippen molar-refractivity contribution in [3.05, 3.63) is 53.3 Å². The Hall–Kier alpha value is -1.39. The van der Waals surface area contributed by atoms with Crippen molar-refractivity contribution >= 4 is 29.3 Å². The molecule has 2 aromatic rings. The number of carbonyl (C=O) groups excluding carboxylic acids is 1. The predicted octanol–water partition coefficient (Wildman–Crippen LogP) is 3.33. The van der Waals surface area contributed by atoms with Crippen molar-refractivity contribution in [2.75, 3.05) is 12.8 Å². The second kappa shape index (κ2) is 4.94. The summed E-state index contributed by atoms with van der Waals surface area (Å²) in [5, 5.41) is 0.855. The molecule has 1 amide bonds. The quantitative estimate of drug-likeness (QED) is 0.848. The van der Waals surface area contributed by atoms with Crippen molar-refractivity contribution in [2.45, 2.75) is 5.37 Å². The highest BCUT2D eigenvalue weighted by atomic mass is 35.5. The minimum Gasteiger partial charge on any atom is -0.329 e. The van der Waals surface area contributed by atoms with Gasteiger partial charge in [-0.25, -0.2) is 0 Å². The van der Waals surface area contributed by atoms with Crippen LogP contribution in [0.3, 0.4) is 0 Å². The number of aromatic nitrogens is 1. The van der Waals surface area contributed by atoms with Crippen LogP contribution in [0.4, 0.5) is 0 Å². The topological polar surface area (TPSA) is 25.2 Å². The summed E-state index contributed by atoms with van der Waals surface area (Å²) in [7, 11) is 1.85. The van der Waals surface area contributed by atoms with E-state index in [0.29, 0.717) is 5.75 Å². The number of amides is 1. The monoisotopic (exact) mass is 292 g/mol. The van der Waals surface area contributed by atoms with Crippen LogP contribution in [0.2, 0.25) is 5.02 Å². The van der Waals surface area contributed by atoms with Gasteiger partial charge in [-0.2, -0.15) is 0 Å². The molecule has 3 nitrogen and oxygen atoms in total. The molecular formula is C14H13ClN2OS. The van der Waals surface area contributed by atoms with Gasteiger partial charge < -0.3 is 9.47 Å². The van der Waals surface area contributed by atoms with Crippen LogP contribution in [0.15, 0.2) is 42.7 Å². The molecule has 0 radical (unpaired) electrons. The maximum absolute atomic E-state index is 11.6. The lowest BCUT2D eigenvalue weighted by molar-refractivity contribution is -0.126. The van der Waals surface area contributed by atoms with E-state index in [-0.39, 0.29) is 11.3 Å². The summed E-state index contributed by atoms with van der Waals surface area (Å²) in [5.41, 5.74) is 2.21. The molecule has 3 rings (SSSR count). The summed E-state index contributed by atoms with van der Waals surface area (Å²) in [6.45, 7) is 0. The predicted molar refractivity (Wildman–Crippen MR) is 78.7 cm³/mol. The molecule has 0 unspecified atom stereocenters. The number of nitrogens with zero attached hydrogens (tertiary/aromatic N) is 2. The van der Waals surface area contributed by atoms with Gasteiger partial charge in [0.2, 0.25) is 5.91 Å². The first-order valence-electron chi connectivity index (χ1n) is 5.96. The van der Waals surface area contributed by atoms with E-state index in [2.05, 4.69) is 12.3 Å². The molecule has 1 aromatic carbocycles. The minimum absolute atomic E-state index is 0.126. The molecule has 1 saturated heterocycles. The normalized spacial score (nSPS) is 19.2. The van der Waals surface area contributed by atoms with Gasteiger partial charge in [0.1, 0.15) is 5.37 Å². The first-order chi connectivity index (χ1) is 9.15. The minimum atomic E-state index is 0.126. The first kappa shape index (κ1) is 12.6. The van der Waals surface area contributed by atoms with Crippen molar-refractivity contribution in [1.29, 1.82) is 0 Å². The van der Waals surface area contributed by atoms with Gasteiger partial charge in [0.15, 0.2) is 0 Å². The van der Waals surface area contributed by atoms with Crippen LogP contribution in [0, 0.1) is 0 Å². The average molecular weight is 293 g/mol. The third-order valence-electron chi connectivity index (χ3n) is 3.24. The highest BCUT2D eigenvalue weighted by Gasteiger charge is 2.30. The SMILES string of the molecule is CN1C(=O)CS[C@@H]1c1ccn(-c2ccc(Cl)cc2)c1. The molecule has 98 valence electrons. The van der Waals surface area contributed by atoms with E-state index in [1.807, 2.05) is 42.1 Å². The number of halogens is 1. The zero-order valence-corrected chi connectivity index (χ0v) is 12.0. The molecule has 0 bridgehead atoms. The molecule has 0 saturated carbocycles. The Morgan fingerprint density at radius 3 is 2.63 bits per heavy atom. The molecule has 0 aliphatic carbocycles. The van der Waals surface area contributed by atoms with Crippen molar-refractivity contribution in [2.24, 2.45) is 0 Å². The molecule has 5 heteroatoms. The third-order valence-corrected chi connectivity index (χ3v) is 4.81. The van der Waals surface area contributed by atoms with Crippen molar-refractivity contribution in [1.82, 2.24) is 9.47 Å². The number of hydrogen-bond donors (Lipinski definition) is 0. The van der Waals surface area contributed by atoms with Crippen molar-refractivity contribution in [3.63, 3.8) is 0 Å². The van der Waals surface area contributed by atoms with Gasteiger partial charge in [-0.3, -0.25) is 4.79 Å². The lowest BCUT2D eigenvalue weighted by Gasteiger charge is -2.17. The molecule has 2 heterocycles. The van der Waals surface area contributed by atoms with Crippen LogP contribution >= 0.6 is 23.4 Å². The van der Waals surface area contributed by atoms with E-state index in [1.54, 1.807) is 16.7 Å². The zero-order valence-electron chi connectivity index (χ0n) is 10.4. The van der Waals surface area contributed by atoms with Crippen LogP contribution in [0.25, 0.3) is 5.69 Å². The molecule has 19 heavy (non-hydrogen) atoms. The Labute approximate surface area is 121 Å². The fourth-order valence-corrected chi connectivity index (χ4v) is 3.45. The lowest BCUT2D eigenvalue weighted by Crippen LogP contribution is -2.22. The van der Waals surface area contributed by atoms with Crippen LogP contribution in [-0.4, -0.2) is 28.2 Å².